The number of hydrogen-bond acceptors (Lipinski definition) is 1. The molecule has 1 aromatic carbocycles. The van der Waals surface area contributed by atoms with E-state index in [-0.39, 0.29) is 12.4 Å². The van der Waals surface area contributed by atoms with Crippen molar-refractivity contribution in [1.29, 1.82) is 0 Å². The topological polar surface area (TPSA) is 20.2 Å². The highest BCUT2D eigenvalue weighted by molar-refractivity contribution is 5.50. The van der Waals surface area contributed by atoms with E-state index in [1.54, 1.807) is 6.08 Å². The zero-order valence-corrected chi connectivity index (χ0v) is 8.82. The Balaban J connectivity index is 2.33. The molecule has 0 spiro atoms. The standard InChI is InChI=1S/C13H17FO/c14-13(9-5-2-6-10-15)11-12-7-3-1-4-8-12/h1,3-4,7-8,11,15H,2,5-6,9-10H2/b13-11-. The fraction of sp³-hybridized carbons (Fsp3) is 0.385. The van der Waals surface area contributed by atoms with Gasteiger partial charge in [0.2, 0.25) is 0 Å². The molecule has 1 N–H and O–H groups in total. The fourth-order valence-electron chi connectivity index (χ4n) is 1.38. The number of unbranched alkanes of at least 4 members (excludes halogenated alkanes) is 2. The van der Waals surface area contributed by atoms with Gasteiger partial charge in [0.15, 0.2) is 0 Å². The molecule has 1 nitrogen and oxygen atoms in total. The first kappa shape index (κ1) is 11.9. The number of rotatable bonds is 6. The van der Waals surface area contributed by atoms with Crippen LogP contribution in [0.2, 0.25) is 0 Å². The van der Waals surface area contributed by atoms with E-state index >= 15 is 0 Å². The van der Waals surface area contributed by atoms with Crippen molar-refractivity contribution < 1.29 is 9.50 Å². The Kier molecular flexibility index (Phi) is 5.71. The Morgan fingerprint density at radius 2 is 1.87 bits per heavy atom. The maximum Gasteiger partial charge on any atom is 0.101 e. The smallest absolute Gasteiger partial charge is 0.101 e. The quantitative estimate of drug-likeness (QED) is 0.709. The van der Waals surface area contributed by atoms with Gasteiger partial charge in [0.25, 0.3) is 0 Å². The van der Waals surface area contributed by atoms with Crippen molar-refractivity contribution in [3.8, 4) is 0 Å². The monoisotopic (exact) mass is 208 g/mol. The summed E-state index contributed by atoms with van der Waals surface area (Å²) in [5.74, 6) is -0.0841. The van der Waals surface area contributed by atoms with Gasteiger partial charge < -0.3 is 5.11 Å². The third-order valence-corrected chi connectivity index (χ3v) is 2.20. The highest BCUT2D eigenvalue weighted by Crippen LogP contribution is 2.14. The van der Waals surface area contributed by atoms with Gasteiger partial charge in [0.05, 0.1) is 0 Å². The molecule has 0 aromatic heterocycles. The van der Waals surface area contributed by atoms with Gasteiger partial charge in [-0.3, -0.25) is 0 Å². The SMILES string of the molecule is OCCCCC/C(F)=C/c1ccccc1. The Bertz CT molecular complexity index is 293. The van der Waals surface area contributed by atoms with Crippen LogP contribution < -0.4 is 0 Å². The van der Waals surface area contributed by atoms with Gasteiger partial charge in [0, 0.05) is 6.61 Å². The van der Waals surface area contributed by atoms with Crippen LogP contribution in [0.25, 0.3) is 6.08 Å². The summed E-state index contributed by atoms with van der Waals surface area (Å²) in [6, 6.07) is 9.47. The third kappa shape index (κ3) is 5.33. The minimum atomic E-state index is -0.0841. The van der Waals surface area contributed by atoms with E-state index in [4.69, 9.17) is 5.11 Å². The molecule has 0 heterocycles. The van der Waals surface area contributed by atoms with Crippen LogP contribution >= 0.6 is 0 Å². The molecule has 0 aliphatic carbocycles. The van der Waals surface area contributed by atoms with Gasteiger partial charge in [0.1, 0.15) is 5.83 Å². The molecule has 0 atom stereocenters. The average molecular weight is 208 g/mol. The van der Waals surface area contributed by atoms with E-state index in [0.29, 0.717) is 6.42 Å². The second kappa shape index (κ2) is 7.18. The molecule has 0 bridgehead atoms. The molecule has 0 unspecified atom stereocenters. The number of hydrogen-bond donors (Lipinski definition) is 1. The molecule has 0 fully saturated rings. The first-order valence-electron chi connectivity index (χ1n) is 5.35. The minimum absolute atomic E-state index is 0.0841. The summed E-state index contributed by atoms with van der Waals surface area (Å²) in [6.07, 6.45) is 4.48. The summed E-state index contributed by atoms with van der Waals surface area (Å²) in [5, 5.41) is 8.56. The number of aliphatic hydroxyl groups excluding tert-OH is 1. The first-order valence-corrected chi connectivity index (χ1v) is 5.35. The Morgan fingerprint density at radius 3 is 2.53 bits per heavy atom. The highest BCUT2D eigenvalue weighted by atomic mass is 19.1. The second-order valence-corrected chi connectivity index (χ2v) is 3.54. The maximum absolute atomic E-state index is 13.3. The lowest BCUT2D eigenvalue weighted by Crippen LogP contribution is -1.83. The zero-order valence-electron chi connectivity index (χ0n) is 8.82. The van der Waals surface area contributed by atoms with Crippen molar-refractivity contribution in [2.45, 2.75) is 25.7 Å². The minimum Gasteiger partial charge on any atom is -0.396 e. The van der Waals surface area contributed by atoms with Gasteiger partial charge in [-0.25, -0.2) is 4.39 Å². The Hall–Kier alpha value is -1.15. The molecular weight excluding hydrogens is 191 g/mol. The summed E-state index contributed by atoms with van der Waals surface area (Å²) in [4.78, 5) is 0. The molecule has 0 saturated heterocycles. The summed E-state index contributed by atoms with van der Waals surface area (Å²) in [5.41, 5.74) is 0.900. The maximum atomic E-state index is 13.3. The molecule has 0 radical (unpaired) electrons. The second-order valence-electron chi connectivity index (χ2n) is 3.54. The molecule has 1 aromatic rings. The lowest BCUT2D eigenvalue weighted by molar-refractivity contribution is 0.282. The van der Waals surface area contributed by atoms with Crippen LogP contribution in [0.3, 0.4) is 0 Å². The third-order valence-electron chi connectivity index (χ3n) is 2.20. The van der Waals surface area contributed by atoms with Gasteiger partial charge in [-0.2, -0.15) is 0 Å². The van der Waals surface area contributed by atoms with Crippen molar-refractivity contribution in [2.75, 3.05) is 6.61 Å². The molecule has 82 valence electrons. The molecule has 0 aliphatic rings. The van der Waals surface area contributed by atoms with Crippen molar-refractivity contribution >= 4 is 6.08 Å². The number of halogens is 1. The van der Waals surface area contributed by atoms with Crippen LogP contribution in [0.1, 0.15) is 31.2 Å². The van der Waals surface area contributed by atoms with Crippen molar-refractivity contribution in [3.05, 3.63) is 41.7 Å². The van der Waals surface area contributed by atoms with Gasteiger partial charge in [-0.15, -0.1) is 0 Å². The van der Waals surface area contributed by atoms with E-state index in [1.165, 1.54) is 0 Å². The van der Waals surface area contributed by atoms with Crippen LogP contribution in [0.4, 0.5) is 4.39 Å². The van der Waals surface area contributed by atoms with Crippen LogP contribution in [-0.4, -0.2) is 11.7 Å². The summed E-state index contributed by atoms with van der Waals surface area (Å²) in [6.45, 7) is 0.198. The predicted molar refractivity (Wildman–Crippen MR) is 61.1 cm³/mol. The normalized spacial score (nSPS) is 11.7. The molecule has 0 amide bonds. The van der Waals surface area contributed by atoms with Crippen molar-refractivity contribution in [3.63, 3.8) is 0 Å². The van der Waals surface area contributed by atoms with E-state index in [1.807, 2.05) is 30.3 Å². The summed E-state index contributed by atoms with van der Waals surface area (Å²) in [7, 11) is 0. The van der Waals surface area contributed by atoms with Crippen LogP contribution in [0.5, 0.6) is 0 Å². The molecule has 1 rings (SSSR count). The van der Waals surface area contributed by atoms with Gasteiger partial charge in [-0.05, 0) is 30.9 Å². The van der Waals surface area contributed by atoms with Crippen LogP contribution in [0, 0.1) is 0 Å². The van der Waals surface area contributed by atoms with Crippen molar-refractivity contribution in [2.24, 2.45) is 0 Å². The summed E-state index contributed by atoms with van der Waals surface area (Å²) >= 11 is 0. The van der Waals surface area contributed by atoms with Crippen molar-refractivity contribution in [1.82, 2.24) is 0 Å². The molecule has 15 heavy (non-hydrogen) atoms. The number of aliphatic hydroxyl groups is 1. The van der Waals surface area contributed by atoms with Gasteiger partial charge >= 0.3 is 0 Å². The first-order chi connectivity index (χ1) is 7.33. The Morgan fingerprint density at radius 1 is 1.13 bits per heavy atom. The molecule has 0 saturated carbocycles. The zero-order chi connectivity index (χ0) is 10.9. The fourth-order valence-corrected chi connectivity index (χ4v) is 1.38. The molecular formula is C13H17FO. The van der Waals surface area contributed by atoms with Gasteiger partial charge in [-0.1, -0.05) is 36.8 Å². The number of benzene rings is 1. The summed E-state index contributed by atoms with van der Waals surface area (Å²) < 4.78 is 13.3. The van der Waals surface area contributed by atoms with Crippen LogP contribution in [0.15, 0.2) is 36.2 Å². The lowest BCUT2D eigenvalue weighted by Gasteiger charge is -1.98. The van der Waals surface area contributed by atoms with E-state index in [9.17, 15) is 4.39 Å². The molecule has 0 aliphatic heterocycles. The van der Waals surface area contributed by atoms with Crippen LogP contribution in [-0.2, 0) is 0 Å². The average Bonchev–Trinajstić information content (AvgIpc) is 2.26. The highest BCUT2D eigenvalue weighted by Gasteiger charge is 1.96. The van der Waals surface area contributed by atoms with E-state index < -0.39 is 0 Å². The van der Waals surface area contributed by atoms with E-state index in [2.05, 4.69) is 0 Å². The number of allylic oxidation sites excluding steroid dienone is 1. The predicted octanol–water partition coefficient (Wildman–Crippen LogP) is 3.55. The lowest BCUT2D eigenvalue weighted by atomic mass is 10.1. The molecule has 2 heteroatoms. The Labute approximate surface area is 90.3 Å². The largest absolute Gasteiger partial charge is 0.396 e. The van der Waals surface area contributed by atoms with E-state index in [0.717, 1.165) is 24.8 Å².